The van der Waals surface area contributed by atoms with Gasteiger partial charge in [0.05, 0.1) is 11.4 Å². The van der Waals surface area contributed by atoms with Crippen LogP contribution in [0.4, 0.5) is 0 Å². The number of benzene rings is 2. The molecule has 4 aromatic rings. The van der Waals surface area contributed by atoms with E-state index in [9.17, 15) is 0 Å². The molecule has 2 heteroatoms. The highest BCUT2D eigenvalue weighted by Gasteiger charge is 2.08. The van der Waals surface area contributed by atoms with Crippen molar-refractivity contribution < 1.29 is 0 Å². The Hall–Kier alpha value is -3.70. The molecule has 0 N–H and O–H groups in total. The van der Waals surface area contributed by atoms with Crippen molar-refractivity contribution in [3.63, 3.8) is 0 Å². The van der Waals surface area contributed by atoms with Gasteiger partial charge in [-0.05, 0) is 47.9 Å². The SMILES string of the molecule is C(#Cc1nc(-c2ccccn2)ccc1-c1ccccc1)c1ccccc1. The van der Waals surface area contributed by atoms with E-state index in [1.165, 1.54) is 0 Å². The van der Waals surface area contributed by atoms with Gasteiger partial charge in [-0.3, -0.25) is 4.98 Å². The molecule has 0 aliphatic rings. The van der Waals surface area contributed by atoms with E-state index in [0.29, 0.717) is 0 Å². The number of aromatic nitrogens is 2. The number of nitrogens with zero attached hydrogens (tertiary/aromatic N) is 2. The van der Waals surface area contributed by atoms with Crippen LogP contribution in [0.3, 0.4) is 0 Å². The van der Waals surface area contributed by atoms with Gasteiger partial charge in [-0.1, -0.05) is 60.5 Å². The molecule has 0 aliphatic heterocycles. The van der Waals surface area contributed by atoms with Crippen LogP contribution in [0.15, 0.2) is 97.2 Å². The number of rotatable bonds is 2. The van der Waals surface area contributed by atoms with Crippen molar-refractivity contribution in [2.75, 3.05) is 0 Å². The van der Waals surface area contributed by atoms with E-state index in [2.05, 4.69) is 35.0 Å². The molecule has 0 radical (unpaired) electrons. The molecule has 122 valence electrons. The van der Waals surface area contributed by atoms with E-state index in [-0.39, 0.29) is 0 Å². The summed E-state index contributed by atoms with van der Waals surface area (Å²) in [5.41, 5.74) is 5.51. The summed E-state index contributed by atoms with van der Waals surface area (Å²) in [4.78, 5) is 9.20. The van der Waals surface area contributed by atoms with Gasteiger partial charge in [0.25, 0.3) is 0 Å². The average molecular weight is 332 g/mol. The summed E-state index contributed by atoms with van der Waals surface area (Å²) < 4.78 is 0. The van der Waals surface area contributed by atoms with Crippen LogP contribution in [0.1, 0.15) is 11.3 Å². The lowest BCUT2D eigenvalue weighted by Gasteiger charge is -2.07. The van der Waals surface area contributed by atoms with E-state index < -0.39 is 0 Å². The molecular formula is C24H16N2. The molecule has 0 saturated carbocycles. The van der Waals surface area contributed by atoms with Crippen molar-refractivity contribution in [3.8, 4) is 34.4 Å². The lowest BCUT2D eigenvalue weighted by Crippen LogP contribution is -1.94. The first-order valence-electron chi connectivity index (χ1n) is 8.45. The third-order valence-electron chi connectivity index (χ3n) is 4.01. The quantitative estimate of drug-likeness (QED) is 0.471. The van der Waals surface area contributed by atoms with Gasteiger partial charge in [-0.2, -0.15) is 0 Å². The summed E-state index contributed by atoms with van der Waals surface area (Å²) in [6, 6.07) is 30.1. The van der Waals surface area contributed by atoms with Crippen LogP contribution in [0.2, 0.25) is 0 Å². The second-order valence-electron chi connectivity index (χ2n) is 5.79. The zero-order valence-corrected chi connectivity index (χ0v) is 14.1. The molecule has 0 fully saturated rings. The van der Waals surface area contributed by atoms with Crippen molar-refractivity contribution >= 4 is 0 Å². The Bertz CT molecular complexity index is 1060. The van der Waals surface area contributed by atoms with Crippen LogP contribution in [0, 0.1) is 11.8 Å². The third kappa shape index (κ3) is 3.53. The Morgan fingerprint density at radius 2 is 1.31 bits per heavy atom. The molecule has 0 amide bonds. The van der Waals surface area contributed by atoms with E-state index in [1.807, 2.05) is 72.8 Å². The van der Waals surface area contributed by atoms with E-state index >= 15 is 0 Å². The molecular weight excluding hydrogens is 316 g/mol. The van der Waals surface area contributed by atoms with Gasteiger partial charge >= 0.3 is 0 Å². The smallest absolute Gasteiger partial charge is 0.122 e. The fourth-order valence-electron chi connectivity index (χ4n) is 2.71. The van der Waals surface area contributed by atoms with Crippen molar-refractivity contribution in [3.05, 3.63) is 108 Å². The topological polar surface area (TPSA) is 25.8 Å². The lowest BCUT2D eigenvalue weighted by molar-refractivity contribution is 1.23. The van der Waals surface area contributed by atoms with Crippen LogP contribution >= 0.6 is 0 Å². The highest BCUT2D eigenvalue weighted by Crippen LogP contribution is 2.25. The first kappa shape index (κ1) is 15.8. The van der Waals surface area contributed by atoms with Gasteiger partial charge in [0.15, 0.2) is 0 Å². The van der Waals surface area contributed by atoms with Crippen LogP contribution in [-0.4, -0.2) is 9.97 Å². The van der Waals surface area contributed by atoms with E-state index in [1.54, 1.807) is 6.20 Å². The molecule has 2 heterocycles. The van der Waals surface area contributed by atoms with Gasteiger partial charge < -0.3 is 0 Å². The zero-order valence-electron chi connectivity index (χ0n) is 14.1. The van der Waals surface area contributed by atoms with Crippen molar-refractivity contribution in [2.24, 2.45) is 0 Å². The van der Waals surface area contributed by atoms with Crippen molar-refractivity contribution in [1.29, 1.82) is 0 Å². The molecule has 2 aromatic carbocycles. The minimum atomic E-state index is 0.753. The molecule has 0 bridgehead atoms. The van der Waals surface area contributed by atoms with E-state index in [0.717, 1.165) is 33.8 Å². The molecule has 0 aliphatic carbocycles. The number of hydrogen-bond donors (Lipinski definition) is 0. The minimum Gasteiger partial charge on any atom is -0.255 e. The minimum absolute atomic E-state index is 0.753. The molecule has 0 saturated heterocycles. The van der Waals surface area contributed by atoms with Crippen molar-refractivity contribution in [2.45, 2.75) is 0 Å². The molecule has 2 aromatic heterocycles. The average Bonchev–Trinajstić information content (AvgIpc) is 2.74. The normalized spacial score (nSPS) is 10.0. The number of pyridine rings is 2. The summed E-state index contributed by atoms with van der Waals surface area (Å²) in [6.45, 7) is 0. The third-order valence-corrected chi connectivity index (χ3v) is 4.01. The van der Waals surface area contributed by atoms with Gasteiger partial charge in [0.2, 0.25) is 0 Å². The fourth-order valence-corrected chi connectivity index (χ4v) is 2.71. The Morgan fingerprint density at radius 3 is 2.04 bits per heavy atom. The maximum atomic E-state index is 4.80. The molecule has 2 nitrogen and oxygen atoms in total. The van der Waals surface area contributed by atoms with Gasteiger partial charge in [0.1, 0.15) is 5.69 Å². The van der Waals surface area contributed by atoms with Crippen LogP contribution in [0.25, 0.3) is 22.5 Å². The summed E-state index contributed by atoms with van der Waals surface area (Å²) in [5, 5.41) is 0. The highest BCUT2D eigenvalue weighted by molar-refractivity contribution is 5.72. The Balaban J connectivity index is 1.83. The number of hydrogen-bond acceptors (Lipinski definition) is 2. The predicted octanol–water partition coefficient (Wildman–Crippen LogP) is 5.21. The predicted molar refractivity (Wildman–Crippen MR) is 105 cm³/mol. The Kier molecular flexibility index (Phi) is 4.54. The zero-order chi connectivity index (χ0) is 17.6. The summed E-state index contributed by atoms with van der Waals surface area (Å²) in [5.74, 6) is 6.47. The molecule has 26 heavy (non-hydrogen) atoms. The Morgan fingerprint density at radius 1 is 0.577 bits per heavy atom. The van der Waals surface area contributed by atoms with Crippen LogP contribution in [0.5, 0.6) is 0 Å². The van der Waals surface area contributed by atoms with Gasteiger partial charge in [-0.15, -0.1) is 0 Å². The molecule has 0 unspecified atom stereocenters. The van der Waals surface area contributed by atoms with Gasteiger partial charge in [-0.25, -0.2) is 4.98 Å². The largest absolute Gasteiger partial charge is 0.255 e. The monoisotopic (exact) mass is 332 g/mol. The maximum absolute atomic E-state index is 4.80. The lowest BCUT2D eigenvalue weighted by atomic mass is 10.0. The van der Waals surface area contributed by atoms with Crippen LogP contribution in [-0.2, 0) is 0 Å². The Labute approximate surface area is 153 Å². The summed E-state index contributed by atoms with van der Waals surface area (Å²) in [7, 11) is 0. The molecule has 0 spiro atoms. The second kappa shape index (κ2) is 7.46. The second-order valence-corrected chi connectivity index (χ2v) is 5.79. The first-order valence-corrected chi connectivity index (χ1v) is 8.45. The molecule has 4 rings (SSSR count). The van der Waals surface area contributed by atoms with E-state index in [4.69, 9.17) is 4.98 Å². The summed E-state index contributed by atoms with van der Waals surface area (Å²) >= 11 is 0. The standard InChI is InChI=1S/C24H16N2/c1-3-9-19(10-4-1)14-16-22-21(20-11-5-2-6-12-20)15-17-24(26-22)23-13-7-8-18-25-23/h1-13,15,17-18H. The van der Waals surface area contributed by atoms with Crippen molar-refractivity contribution in [1.82, 2.24) is 9.97 Å². The maximum Gasteiger partial charge on any atom is 0.122 e. The fraction of sp³-hybridized carbons (Fsp3) is 0. The van der Waals surface area contributed by atoms with Gasteiger partial charge in [0, 0.05) is 17.3 Å². The summed E-state index contributed by atoms with van der Waals surface area (Å²) in [6.07, 6.45) is 1.78. The molecule has 0 atom stereocenters. The highest BCUT2D eigenvalue weighted by atomic mass is 14.8. The first-order chi connectivity index (χ1) is 12.9. The van der Waals surface area contributed by atoms with Crippen LogP contribution < -0.4 is 0 Å².